The Kier molecular flexibility index (Phi) is 6.92. The number of hydrogen-bond donors (Lipinski definition) is 1. The van der Waals surface area contributed by atoms with Crippen LogP contribution in [0.1, 0.15) is 31.4 Å². The number of amides is 1. The van der Waals surface area contributed by atoms with Gasteiger partial charge in [-0.05, 0) is 42.2 Å². The van der Waals surface area contributed by atoms with E-state index in [1.165, 1.54) is 9.87 Å². The minimum absolute atomic E-state index is 0.0402. The first-order valence-corrected chi connectivity index (χ1v) is 11.6. The van der Waals surface area contributed by atoms with E-state index < -0.39 is 10.0 Å². The number of hydrogen-bond acceptors (Lipinski definition) is 4. The quantitative estimate of drug-likeness (QED) is 0.720. The molecule has 6 nitrogen and oxygen atoms in total. The second-order valence-corrected chi connectivity index (χ2v) is 9.10. The van der Waals surface area contributed by atoms with Gasteiger partial charge in [0.1, 0.15) is 0 Å². The van der Waals surface area contributed by atoms with Crippen molar-refractivity contribution in [2.45, 2.75) is 38.1 Å². The maximum absolute atomic E-state index is 12.5. The molecule has 0 aliphatic carbocycles. The lowest BCUT2D eigenvalue weighted by atomic mass is 10.0. The first-order valence-electron chi connectivity index (χ1n) is 10.1. The highest BCUT2D eigenvalue weighted by atomic mass is 32.2. The Morgan fingerprint density at radius 3 is 2.45 bits per heavy atom. The lowest BCUT2D eigenvalue weighted by Gasteiger charge is -2.30. The van der Waals surface area contributed by atoms with Crippen LogP contribution in [0.25, 0.3) is 0 Å². The standard InChI is InChI=1S/C22H29N3O3S/c1-3-25(4-2)29(27,28)20-13-11-18(12-14-20)16-23-22(26)17-24-15-7-9-19-8-5-6-10-21(19)24/h5-6,8,10-14H,3-4,7,9,15-17H2,1-2H3,(H,23,26). The molecule has 0 spiro atoms. The molecular formula is C22H29N3O3S. The molecule has 0 aromatic heterocycles. The second kappa shape index (κ2) is 9.41. The number of nitrogens with one attached hydrogen (secondary N) is 1. The van der Waals surface area contributed by atoms with E-state index >= 15 is 0 Å². The number of carbonyl (C=O) groups excluding carboxylic acids is 1. The Morgan fingerprint density at radius 2 is 1.76 bits per heavy atom. The Hall–Kier alpha value is -2.38. The van der Waals surface area contributed by atoms with Crippen molar-refractivity contribution in [1.29, 1.82) is 0 Å². The Labute approximate surface area is 173 Å². The lowest BCUT2D eigenvalue weighted by Crippen LogP contribution is -2.39. The summed E-state index contributed by atoms with van der Waals surface area (Å²) in [4.78, 5) is 14.8. The van der Waals surface area contributed by atoms with Gasteiger partial charge in [0.2, 0.25) is 15.9 Å². The van der Waals surface area contributed by atoms with Gasteiger partial charge in [0.15, 0.2) is 0 Å². The van der Waals surface area contributed by atoms with Crippen LogP contribution in [0.15, 0.2) is 53.4 Å². The molecule has 0 radical (unpaired) electrons. The highest BCUT2D eigenvalue weighted by molar-refractivity contribution is 7.89. The van der Waals surface area contributed by atoms with Crippen LogP contribution in [0.4, 0.5) is 5.69 Å². The van der Waals surface area contributed by atoms with Crippen molar-refractivity contribution in [2.75, 3.05) is 31.1 Å². The number of fused-ring (bicyclic) bond motifs is 1. The average molecular weight is 416 g/mol. The molecule has 0 saturated heterocycles. The van der Waals surface area contributed by atoms with Gasteiger partial charge >= 0.3 is 0 Å². The van der Waals surface area contributed by atoms with Gasteiger partial charge in [0, 0.05) is 31.9 Å². The van der Waals surface area contributed by atoms with E-state index in [-0.39, 0.29) is 10.8 Å². The van der Waals surface area contributed by atoms with Gasteiger partial charge in [-0.3, -0.25) is 4.79 Å². The fraction of sp³-hybridized carbons (Fsp3) is 0.409. The summed E-state index contributed by atoms with van der Waals surface area (Å²) in [5, 5.41) is 2.94. The van der Waals surface area contributed by atoms with Gasteiger partial charge in [-0.2, -0.15) is 4.31 Å². The van der Waals surface area contributed by atoms with Crippen LogP contribution in [0.5, 0.6) is 0 Å². The third-order valence-corrected chi connectivity index (χ3v) is 7.36. The van der Waals surface area contributed by atoms with Crippen LogP contribution < -0.4 is 10.2 Å². The van der Waals surface area contributed by atoms with Crippen LogP contribution in [0.2, 0.25) is 0 Å². The van der Waals surface area contributed by atoms with E-state index in [4.69, 9.17) is 0 Å². The van der Waals surface area contributed by atoms with Crippen LogP contribution in [0, 0.1) is 0 Å². The second-order valence-electron chi connectivity index (χ2n) is 7.16. The fourth-order valence-corrected chi connectivity index (χ4v) is 5.16. The van der Waals surface area contributed by atoms with Crippen molar-refractivity contribution in [3.8, 4) is 0 Å². The van der Waals surface area contributed by atoms with E-state index in [2.05, 4.69) is 22.3 Å². The van der Waals surface area contributed by atoms with E-state index in [1.807, 2.05) is 26.0 Å². The third-order valence-electron chi connectivity index (χ3n) is 5.30. The van der Waals surface area contributed by atoms with Crippen LogP contribution in [0.3, 0.4) is 0 Å². The molecule has 1 aliphatic rings. The molecule has 0 saturated carbocycles. The molecule has 1 amide bonds. The maximum Gasteiger partial charge on any atom is 0.243 e. The van der Waals surface area contributed by atoms with Crippen molar-refractivity contribution in [1.82, 2.24) is 9.62 Å². The summed E-state index contributed by atoms with van der Waals surface area (Å²) >= 11 is 0. The molecule has 29 heavy (non-hydrogen) atoms. The monoisotopic (exact) mass is 415 g/mol. The van der Waals surface area contributed by atoms with Crippen molar-refractivity contribution in [3.05, 3.63) is 59.7 Å². The average Bonchev–Trinajstić information content (AvgIpc) is 2.73. The van der Waals surface area contributed by atoms with Gasteiger partial charge < -0.3 is 10.2 Å². The zero-order valence-electron chi connectivity index (χ0n) is 17.1. The molecule has 0 unspecified atom stereocenters. The van der Waals surface area contributed by atoms with Crippen LogP contribution >= 0.6 is 0 Å². The molecule has 1 aliphatic heterocycles. The topological polar surface area (TPSA) is 69.7 Å². The number of benzene rings is 2. The van der Waals surface area contributed by atoms with E-state index in [9.17, 15) is 13.2 Å². The summed E-state index contributed by atoms with van der Waals surface area (Å²) in [5.41, 5.74) is 3.30. The first-order chi connectivity index (χ1) is 14.0. The number of para-hydroxylation sites is 1. The molecule has 2 aromatic carbocycles. The van der Waals surface area contributed by atoms with Crippen molar-refractivity contribution < 1.29 is 13.2 Å². The van der Waals surface area contributed by atoms with Crippen molar-refractivity contribution >= 4 is 21.6 Å². The van der Waals surface area contributed by atoms with E-state index in [1.54, 1.807) is 24.3 Å². The van der Waals surface area contributed by atoms with Crippen molar-refractivity contribution in [2.24, 2.45) is 0 Å². The summed E-state index contributed by atoms with van der Waals surface area (Å²) in [7, 11) is -3.46. The molecular weight excluding hydrogens is 386 g/mol. The molecule has 7 heteroatoms. The summed E-state index contributed by atoms with van der Waals surface area (Å²) in [6, 6.07) is 14.9. The van der Waals surface area contributed by atoms with E-state index in [0.29, 0.717) is 26.2 Å². The van der Waals surface area contributed by atoms with E-state index in [0.717, 1.165) is 30.6 Å². The minimum atomic E-state index is -3.46. The zero-order chi connectivity index (χ0) is 20.9. The summed E-state index contributed by atoms with van der Waals surface area (Å²) in [6.45, 7) is 6.11. The summed E-state index contributed by atoms with van der Waals surface area (Å²) in [5.74, 6) is -0.0402. The largest absolute Gasteiger partial charge is 0.362 e. The molecule has 1 N–H and O–H groups in total. The fourth-order valence-electron chi connectivity index (χ4n) is 3.70. The zero-order valence-corrected chi connectivity index (χ0v) is 17.9. The highest BCUT2D eigenvalue weighted by Gasteiger charge is 2.21. The Balaban J connectivity index is 1.58. The molecule has 0 fully saturated rings. The molecule has 2 aromatic rings. The smallest absolute Gasteiger partial charge is 0.243 e. The maximum atomic E-state index is 12.5. The first kappa shape index (κ1) is 21.3. The number of anilines is 1. The minimum Gasteiger partial charge on any atom is -0.362 e. The third kappa shape index (κ3) is 4.97. The summed E-state index contributed by atoms with van der Waals surface area (Å²) < 4.78 is 26.5. The number of aryl methyl sites for hydroxylation is 1. The molecule has 0 atom stereocenters. The molecule has 0 bridgehead atoms. The van der Waals surface area contributed by atoms with Gasteiger partial charge in [-0.15, -0.1) is 0 Å². The van der Waals surface area contributed by atoms with Gasteiger partial charge in [0.25, 0.3) is 0 Å². The molecule has 3 rings (SSSR count). The predicted molar refractivity (Wildman–Crippen MR) is 115 cm³/mol. The van der Waals surface area contributed by atoms with Crippen LogP contribution in [-0.4, -0.2) is 44.8 Å². The van der Waals surface area contributed by atoms with Gasteiger partial charge in [0.05, 0.1) is 11.4 Å². The summed E-state index contributed by atoms with van der Waals surface area (Å²) in [6.07, 6.45) is 2.10. The Bertz CT molecular complexity index is 938. The SMILES string of the molecule is CCN(CC)S(=O)(=O)c1ccc(CNC(=O)CN2CCCc3ccccc32)cc1. The highest BCUT2D eigenvalue weighted by Crippen LogP contribution is 2.26. The lowest BCUT2D eigenvalue weighted by molar-refractivity contribution is -0.119. The van der Waals surface area contributed by atoms with Crippen molar-refractivity contribution in [3.63, 3.8) is 0 Å². The predicted octanol–water partition coefficient (Wildman–Crippen LogP) is 2.79. The number of sulfonamides is 1. The molecule has 1 heterocycles. The number of rotatable bonds is 8. The molecule has 156 valence electrons. The van der Waals surface area contributed by atoms with Crippen LogP contribution in [-0.2, 0) is 27.8 Å². The number of nitrogens with zero attached hydrogens (tertiary/aromatic N) is 2. The number of carbonyl (C=O) groups is 1. The van der Waals surface area contributed by atoms with Gasteiger partial charge in [-0.25, -0.2) is 8.42 Å². The normalized spacial score (nSPS) is 14.0. The van der Waals surface area contributed by atoms with Gasteiger partial charge in [-0.1, -0.05) is 44.2 Å². The Morgan fingerprint density at radius 1 is 1.07 bits per heavy atom.